The smallest absolute Gasteiger partial charge is 0.315 e. The van der Waals surface area contributed by atoms with Crippen LogP contribution >= 0.6 is 0 Å². The van der Waals surface area contributed by atoms with Gasteiger partial charge in [-0.2, -0.15) is 0 Å². The number of carboxylic acids is 1. The van der Waals surface area contributed by atoms with E-state index in [1.807, 2.05) is 0 Å². The summed E-state index contributed by atoms with van der Waals surface area (Å²) in [4.78, 5) is 33.9. The Morgan fingerprint density at radius 2 is 1.43 bits per heavy atom. The number of amides is 3. The first-order valence-corrected chi connectivity index (χ1v) is 7.61. The van der Waals surface area contributed by atoms with Crippen LogP contribution in [0, 0.1) is 11.8 Å². The molecule has 0 atom stereocenters. The van der Waals surface area contributed by atoms with Gasteiger partial charge >= 0.3 is 12.0 Å². The van der Waals surface area contributed by atoms with Gasteiger partial charge in [-0.25, -0.2) is 4.79 Å². The number of hydrogen-bond acceptors (Lipinski definition) is 3. The molecule has 0 aliphatic heterocycles. The van der Waals surface area contributed by atoms with Crippen LogP contribution in [0.3, 0.4) is 0 Å². The van der Waals surface area contributed by atoms with Crippen LogP contribution in [0.5, 0.6) is 0 Å². The van der Waals surface area contributed by atoms with Crippen LogP contribution in [0.2, 0.25) is 0 Å². The molecule has 0 unspecified atom stereocenters. The van der Waals surface area contributed by atoms with E-state index < -0.39 is 5.97 Å². The maximum Gasteiger partial charge on any atom is 0.315 e. The van der Waals surface area contributed by atoms with Crippen LogP contribution in [0.15, 0.2) is 0 Å². The van der Waals surface area contributed by atoms with E-state index in [4.69, 9.17) is 5.11 Å². The average molecular weight is 297 g/mol. The molecule has 118 valence electrons. The van der Waals surface area contributed by atoms with Crippen LogP contribution in [0.25, 0.3) is 0 Å². The molecule has 0 aromatic rings. The molecule has 0 aromatic carbocycles. The SMILES string of the molecule is O=C(NCCNC(=O)C1CC1)NC1CCC(C(=O)O)CC1. The summed E-state index contributed by atoms with van der Waals surface area (Å²) in [5.41, 5.74) is 0. The molecule has 0 spiro atoms. The predicted octanol–water partition coefficient (Wildman–Crippen LogP) is 0.455. The number of carbonyl (C=O) groups excluding carboxylic acids is 2. The molecule has 2 rings (SSSR count). The predicted molar refractivity (Wildman–Crippen MR) is 75.6 cm³/mol. The molecule has 2 saturated carbocycles. The number of urea groups is 1. The van der Waals surface area contributed by atoms with E-state index in [9.17, 15) is 14.4 Å². The molecule has 7 heteroatoms. The van der Waals surface area contributed by atoms with Gasteiger partial charge in [0.2, 0.25) is 5.91 Å². The highest BCUT2D eigenvalue weighted by atomic mass is 16.4. The summed E-state index contributed by atoms with van der Waals surface area (Å²) in [6, 6.07) is -0.212. The Labute approximate surface area is 123 Å². The second-order valence-corrected chi connectivity index (χ2v) is 5.85. The third-order valence-electron chi connectivity index (χ3n) is 4.07. The van der Waals surface area contributed by atoms with E-state index >= 15 is 0 Å². The lowest BCUT2D eigenvalue weighted by atomic mass is 9.86. The maximum absolute atomic E-state index is 11.7. The maximum atomic E-state index is 11.7. The third-order valence-corrected chi connectivity index (χ3v) is 4.07. The quantitative estimate of drug-likeness (QED) is 0.534. The van der Waals surface area contributed by atoms with Gasteiger partial charge in [0.15, 0.2) is 0 Å². The van der Waals surface area contributed by atoms with Crippen LogP contribution in [-0.4, -0.2) is 42.1 Å². The molecule has 0 saturated heterocycles. The summed E-state index contributed by atoms with van der Waals surface area (Å²) in [5, 5.41) is 17.2. The van der Waals surface area contributed by atoms with Crippen molar-refractivity contribution in [2.75, 3.05) is 13.1 Å². The van der Waals surface area contributed by atoms with Crippen molar-refractivity contribution in [3.8, 4) is 0 Å². The topological polar surface area (TPSA) is 108 Å². The van der Waals surface area contributed by atoms with Crippen molar-refractivity contribution in [1.82, 2.24) is 16.0 Å². The Balaban J connectivity index is 1.53. The lowest BCUT2D eigenvalue weighted by Gasteiger charge is -2.26. The van der Waals surface area contributed by atoms with E-state index in [-0.39, 0.29) is 29.8 Å². The van der Waals surface area contributed by atoms with Gasteiger partial charge in [-0.1, -0.05) is 0 Å². The molecule has 4 N–H and O–H groups in total. The van der Waals surface area contributed by atoms with Crippen molar-refractivity contribution in [1.29, 1.82) is 0 Å². The van der Waals surface area contributed by atoms with Crippen molar-refractivity contribution in [3.05, 3.63) is 0 Å². The van der Waals surface area contributed by atoms with Crippen LogP contribution < -0.4 is 16.0 Å². The molecule has 2 fully saturated rings. The molecular formula is C14H23N3O4. The van der Waals surface area contributed by atoms with Crippen molar-refractivity contribution in [2.24, 2.45) is 11.8 Å². The Morgan fingerprint density at radius 1 is 0.857 bits per heavy atom. The van der Waals surface area contributed by atoms with Crippen molar-refractivity contribution < 1.29 is 19.5 Å². The number of aliphatic carboxylic acids is 1. The summed E-state index contributed by atoms with van der Waals surface area (Å²) in [6.07, 6.45) is 4.55. The fraction of sp³-hybridized carbons (Fsp3) is 0.786. The monoisotopic (exact) mass is 297 g/mol. The zero-order valence-electron chi connectivity index (χ0n) is 12.1. The van der Waals surface area contributed by atoms with Gasteiger partial charge in [-0.15, -0.1) is 0 Å². The van der Waals surface area contributed by atoms with Crippen LogP contribution in [-0.2, 0) is 9.59 Å². The summed E-state index contributed by atoms with van der Waals surface area (Å²) in [6.45, 7) is 0.837. The Hall–Kier alpha value is -1.79. The fourth-order valence-corrected chi connectivity index (χ4v) is 2.57. The molecule has 0 bridgehead atoms. The lowest BCUT2D eigenvalue weighted by Crippen LogP contribution is -2.46. The first-order valence-electron chi connectivity index (χ1n) is 7.61. The first-order chi connectivity index (χ1) is 10.1. The number of hydrogen-bond donors (Lipinski definition) is 4. The largest absolute Gasteiger partial charge is 0.481 e. The molecule has 3 amide bonds. The zero-order chi connectivity index (χ0) is 15.2. The summed E-state index contributed by atoms with van der Waals surface area (Å²) >= 11 is 0. The zero-order valence-corrected chi connectivity index (χ0v) is 12.1. The van der Waals surface area contributed by atoms with E-state index in [0.717, 1.165) is 12.8 Å². The van der Waals surface area contributed by atoms with E-state index in [2.05, 4.69) is 16.0 Å². The normalized spacial score (nSPS) is 25.0. The standard InChI is InChI=1S/C14H23N3O4/c18-12(9-1-2-9)15-7-8-16-14(21)17-11-5-3-10(4-6-11)13(19)20/h9-11H,1-8H2,(H,15,18)(H,19,20)(H2,16,17,21). The minimum Gasteiger partial charge on any atom is -0.481 e. The highest BCUT2D eigenvalue weighted by Crippen LogP contribution is 2.28. The van der Waals surface area contributed by atoms with Crippen molar-refractivity contribution >= 4 is 17.9 Å². The van der Waals surface area contributed by atoms with E-state index in [1.54, 1.807) is 0 Å². The molecule has 7 nitrogen and oxygen atoms in total. The molecule has 0 aromatic heterocycles. The molecule has 2 aliphatic carbocycles. The van der Waals surface area contributed by atoms with Gasteiger partial charge in [0, 0.05) is 25.0 Å². The fourth-order valence-electron chi connectivity index (χ4n) is 2.57. The molecular weight excluding hydrogens is 274 g/mol. The Bertz CT molecular complexity index is 401. The van der Waals surface area contributed by atoms with E-state index in [1.165, 1.54) is 0 Å². The number of carboxylic acid groups (broad SMARTS) is 1. The highest BCUT2D eigenvalue weighted by molar-refractivity contribution is 5.80. The molecule has 0 radical (unpaired) electrons. The minimum atomic E-state index is -0.746. The average Bonchev–Trinajstić information content (AvgIpc) is 3.28. The second kappa shape index (κ2) is 7.28. The van der Waals surface area contributed by atoms with Gasteiger partial charge in [-0.3, -0.25) is 9.59 Å². The number of rotatable bonds is 6. The van der Waals surface area contributed by atoms with Gasteiger partial charge in [0.25, 0.3) is 0 Å². The minimum absolute atomic E-state index is 0.0432. The number of carbonyl (C=O) groups is 3. The number of nitrogens with one attached hydrogen (secondary N) is 3. The second-order valence-electron chi connectivity index (χ2n) is 5.85. The van der Waals surface area contributed by atoms with Gasteiger partial charge in [-0.05, 0) is 38.5 Å². The van der Waals surface area contributed by atoms with Gasteiger partial charge in [0.1, 0.15) is 0 Å². The molecule has 2 aliphatic rings. The highest BCUT2D eigenvalue weighted by Gasteiger charge is 2.29. The van der Waals surface area contributed by atoms with Crippen molar-refractivity contribution in [2.45, 2.75) is 44.6 Å². The van der Waals surface area contributed by atoms with E-state index in [0.29, 0.717) is 38.8 Å². The van der Waals surface area contributed by atoms with Crippen LogP contribution in [0.1, 0.15) is 38.5 Å². The third kappa shape index (κ3) is 5.24. The summed E-state index contributed by atoms with van der Waals surface area (Å²) < 4.78 is 0. The Morgan fingerprint density at radius 3 is 2.00 bits per heavy atom. The first kappa shape index (κ1) is 15.6. The van der Waals surface area contributed by atoms with Crippen LogP contribution in [0.4, 0.5) is 4.79 Å². The summed E-state index contributed by atoms with van der Waals surface area (Å²) in [7, 11) is 0. The summed E-state index contributed by atoms with van der Waals surface area (Å²) in [5.74, 6) is -0.763. The van der Waals surface area contributed by atoms with Gasteiger partial charge < -0.3 is 21.1 Å². The Kier molecular flexibility index (Phi) is 5.41. The molecule has 21 heavy (non-hydrogen) atoms. The van der Waals surface area contributed by atoms with Gasteiger partial charge in [0.05, 0.1) is 5.92 Å². The van der Waals surface area contributed by atoms with Crippen molar-refractivity contribution in [3.63, 3.8) is 0 Å². The lowest BCUT2D eigenvalue weighted by molar-refractivity contribution is -0.142. The molecule has 0 heterocycles.